The standard InChI is InChI=1S/C14H11N3O3/c18-12(19)9-16-11-7-4-8-15-13(11)17(14(16)20)10-5-2-1-3-6-10/h1-8H,9H2,(H,18,19). The molecule has 0 fully saturated rings. The maximum absolute atomic E-state index is 12.4. The molecule has 6 nitrogen and oxygen atoms in total. The van der Waals surface area contributed by atoms with E-state index in [1.165, 1.54) is 9.13 Å². The smallest absolute Gasteiger partial charge is 0.335 e. The highest BCUT2D eigenvalue weighted by molar-refractivity contribution is 5.76. The summed E-state index contributed by atoms with van der Waals surface area (Å²) >= 11 is 0. The first-order chi connectivity index (χ1) is 9.68. The van der Waals surface area contributed by atoms with Gasteiger partial charge in [0.15, 0.2) is 5.65 Å². The van der Waals surface area contributed by atoms with Gasteiger partial charge in [-0.05, 0) is 24.3 Å². The zero-order chi connectivity index (χ0) is 14.1. The molecule has 2 aromatic heterocycles. The van der Waals surface area contributed by atoms with Gasteiger partial charge in [-0.25, -0.2) is 14.3 Å². The maximum atomic E-state index is 12.4. The lowest BCUT2D eigenvalue weighted by Crippen LogP contribution is -2.26. The van der Waals surface area contributed by atoms with Gasteiger partial charge < -0.3 is 5.11 Å². The fraction of sp³-hybridized carbons (Fsp3) is 0.0714. The summed E-state index contributed by atoms with van der Waals surface area (Å²) in [5.41, 5.74) is 1.20. The van der Waals surface area contributed by atoms with Crippen LogP contribution in [0.2, 0.25) is 0 Å². The number of aromatic nitrogens is 3. The van der Waals surface area contributed by atoms with Crippen molar-refractivity contribution in [3.05, 3.63) is 59.1 Å². The predicted octanol–water partition coefficient (Wildman–Crippen LogP) is 1.27. The summed E-state index contributed by atoms with van der Waals surface area (Å²) in [5, 5.41) is 8.94. The van der Waals surface area contributed by atoms with E-state index in [1.54, 1.807) is 30.5 Å². The molecule has 0 unspecified atom stereocenters. The van der Waals surface area contributed by atoms with E-state index in [4.69, 9.17) is 5.11 Å². The van der Waals surface area contributed by atoms with E-state index in [1.807, 2.05) is 18.2 Å². The molecule has 0 atom stereocenters. The Hall–Kier alpha value is -2.89. The van der Waals surface area contributed by atoms with Crippen molar-refractivity contribution in [2.45, 2.75) is 6.54 Å². The summed E-state index contributed by atoms with van der Waals surface area (Å²) in [4.78, 5) is 27.6. The molecule has 0 aliphatic heterocycles. The van der Waals surface area contributed by atoms with Crippen LogP contribution < -0.4 is 5.69 Å². The third kappa shape index (κ3) is 1.87. The Morgan fingerprint density at radius 3 is 2.60 bits per heavy atom. The molecule has 2 heterocycles. The fourth-order valence-corrected chi connectivity index (χ4v) is 2.18. The Balaban J connectivity index is 2.36. The van der Waals surface area contributed by atoms with Crippen LogP contribution in [0.25, 0.3) is 16.9 Å². The third-order valence-electron chi connectivity index (χ3n) is 3.00. The van der Waals surface area contributed by atoms with Crippen LogP contribution in [0.4, 0.5) is 0 Å². The predicted molar refractivity (Wildman–Crippen MR) is 73.0 cm³/mol. The highest BCUT2D eigenvalue weighted by Crippen LogP contribution is 2.14. The molecule has 0 amide bonds. The normalized spacial score (nSPS) is 10.8. The number of para-hydroxylation sites is 1. The molecule has 1 aromatic carbocycles. The molecule has 1 N–H and O–H groups in total. The maximum Gasteiger partial charge on any atom is 0.335 e. The first-order valence-electron chi connectivity index (χ1n) is 6.02. The van der Waals surface area contributed by atoms with Crippen LogP contribution in [0.1, 0.15) is 0 Å². The summed E-state index contributed by atoms with van der Waals surface area (Å²) in [6.45, 7) is -0.388. The van der Waals surface area contributed by atoms with Crippen molar-refractivity contribution in [3.63, 3.8) is 0 Å². The SMILES string of the molecule is O=C(O)Cn1c(=O)n(-c2ccccc2)c2ncccc21. The van der Waals surface area contributed by atoms with Crippen LogP contribution in [0, 0.1) is 0 Å². The number of rotatable bonds is 3. The van der Waals surface area contributed by atoms with E-state index in [0.717, 1.165) is 0 Å². The lowest BCUT2D eigenvalue weighted by atomic mass is 10.3. The number of carbonyl (C=O) groups is 1. The molecule has 100 valence electrons. The molecular weight excluding hydrogens is 258 g/mol. The van der Waals surface area contributed by atoms with Gasteiger partial charge in [0.25, 0.3) is 0 Å². The van der Waals surface area contributed by atoms with Crippen LogP contribution in [-0.4, -0.2) is 25.2 Å². The highest BCUT2D eigenvalue weighted by Gasteiger charge is 2.16. The topological polar surface area (TPSA) is 77.1 Å². The minimum absolute atomic E-state index is 0.388. The molecule has 3 rings (SSSR count). The lowest BCUT2D eigenvalue weighted by Gasteiger charge is -2.00. The van der Waals surface area contributed by atoms with Crippen LogP contribution in [0.15, 0.2) is 53.5 Å². The average molecular weight is 269 g/mol. The van der Waals surface area contributed by atoms with Crippen LogP contribution in [0.3, 0.4) is 0 Å². The number of carboxylic acid groups (broad SMARTS) is 1. The zero-order valence-corrected chi connectivity index (χ0v) is 10.4. The molecule has 0 aliphatic rings. The number of hydrogen-bond acceptors (Lipinski definition) is 3. The summed E-state index contributed by atoms with van der Waals surface area (Å²) in [6, 6.07) is 12.4. The molecule has 3 aromatic rings. The van der Waals surface area contributed by atoms with Gasteiger partial charge in [-0.1, -0.05) is 18.2 Å². The minimum atomic E-state index is -1.07. The average Bonchev–Trinajstić information content (AvgIpc) is 2.72. The first kappa shape index (κ1) is 12.2. The molecule has 20 heavy (non-hydrogen) atoms. The minimum Gasteiger partial charge on any atom is -0.480 e. The monoisotopic (exact) mass is 269 g/mol. The number of carboxylic acids is 1. The second-order valence-electron chi connectivity index (χ2n) is 4.28. The van der Waals surface area contributed by atoms with Gasteiger partial charge in [-0.2, -0.15) is 0 Å². The van der Waals surface area contributed by atoms with E-state index >= 15 is 0 Å². The van der Waals surface area contributed by atoms with Crippen molar-refractivity contribution in [1.29, 1.82) is 0 Å². The van der Waals surface area contributed by atoms with Crippen molar-refractivity contribution < 1.29 is 9.90 Å². The number of pyridine rings is 1. The molecule has 0 saturated carbocycles. The van der Waals surface area contributed by atoms with Gasteiger partial charge in [-0.15, -0.1) is 0 Å². The molecule has 0 radical (unpaired) electrons. The van der Waals surface area contributed by atoms with E-state index in [0.29, 0.717) is 16.9 Å². The Bertz CT molecular complexity index is 834. The van der Waals surface area contributed by atoms with E-state index in [-0.39, 0.29) is 6.54 Å². The Morgan fingerprint density at radius 2 is 1.90 bits per heavy atom. The Morgan fingerprint density at radius 1 is 1.15 bits per heavy atom. The summed E-state index contributed by atoms with van der Waals surface area (Å²) in [5.74, 6) is -1.07. The molecular formula is C14H11N3O3. The first-order valence-corrected chi connectivity index (χ1v) is 6.02. The number of fused-ring (bicyclic) bond motifs is 1. The van der Waals surface area contributed by atoms with Crippen molar-refractivity contribution in [3.8, 4) is 5.69 Å². The van der Waals surface area contributed by atoms with Crippen LogP contribution in [-0.2, 0) is 11.3 Å². The number of benzene rings is 1. The molecule has 0 spiro atoms. The number of imidazole rings is 1. The molecule has 6 heteroatoms. The second-order valence-corrected chi connectivity index (χ2v) is 4.28. The Kier molecular flexibility index (Phi) is 2.83. The quantitative estimate of drug-likeness (QED) is 0.776. The summed E-state index contributed by atoms with van der Waals surface area (Å²) < 4.78 is 2.62. The summed E-state index contributed by atoms with van der Waals surface area (Å²) in [6.07, 6.45) is 1.58. The zero-order valence-electron chi connectivity index (χ0n) is 10.4. The van der Waals surface area contributed by atoms with Gasteiger partial charge in [0.05, 0.1) is 11.2 Å². The number of aliphatic carboxylic acids is 1. The summed E-state index contributed by atoms with van der Waals surface area (Å²) in [7, 11) is 0. The number of hydrogen-bond donors (Lipinski definition) is 1. The van der Waals surface area contributed by atoms with Crippen LogP contribution >= 0.6 is 0 Å². The van der Waals surface area contributed by atoms with Gasteiger partial charge in [0, 0.05) is 6.20 Å². The van der Waals surface area contributed by atoms with E-state index < -0.39 is 11.7 Å². The van der Waals surface area contributed by atoms with Crippen molar-refractivity contribution >= 4 is 17.1 Å². The third-order valence-corrected chi connectivity index (χ3v) is 3.00. The Labute approximate surface area is 113 Å². The van der Waals surface area contributed by atoms with Crippen LogP contribution in [0.5, 0.6) is 0 Å². The van der Waals surface area contributed by atoms with Crippen molar-refractivity contribution in [2.75, 3.05) is 0 Å². The highest BCUT2D eigenvalue weighted by atomic mass is 16.4. The van der Waals surface area contributed by atoms with Gasteiger partial charge in [0.2, 0.25) is 0 Å². The number of nitrogens with zero attached hydrogens (tertiary/aromatic N) is 3. The van der Waals surface area contributed by atoms with Crippen molar-refractivity contribution in [2.24, 2.45) is 0 Å². The largest absolute Gasteiger partial charge is 0.480 e. The van der Waals surface area contributed by atoms with Gasteiger partial charge >= 0.3 is 11.7 Å². The van der Waals surface area contributed by atoms with E-state index in [2.05, 4.69) is 4.98 Å². The van der Waals surface area contributed by atoms with Gasteiger partial charge in [0.1, 0.15) is 6.54 Å². The van der Waals surface area contributed by atoms with E-state index in [9.17, 15) is 9.59 Å². The second kappa shape index (κ2) is 4.65. The lowest BCUT2D eigenvalue weighted by molar-refractivity contribution is -0.137. The fourth-order valence-electron chi connectivity index (χ4n) is 2.18. The van der Waals surface area contributed by atoms with Crippen molar-refractivity contribution in [1.82, 2.24) is 14.1 Å². The molecule has 0 saturated heterocycles. The van der Waals surface area contributed by atoms with Gasteiger partial charge in [-0.3, -0.25) is 9.36 Å². The molecule has 0 aliphatic carbocycles. The molecule has 0 bridgehead atoms.